The SMILES string of the molecule is CCN(O)c1c(F)cc2c(=O)c(C(=O)O)c[nH]c2c1F. The van der Waals surface area contributed by atoms with Gasteiger partial charge in [-0.25, -0.2) is 13.6 Å². The number of H-pyrrole nitrogens is 1. The highest BCUT2D eigenvalue weighted by atomic mass is 19.1. The lowest BCUT2D eigenvalue weighted by Gasteiger charge is -2.17. The normalized spacial score (nSPS) is 10.8. The number of hydrogen-bond acceptors (Lipinski definition) is 4. The summed E-state index contributed by atoms with van der Waals surface area (Å²) in [5, 5.41) is 18.1. The van der Waals surface area contributed by atoms with E-state index in [1.807, 2.05) is 0 Å². The van der Waals surface area contributed by atoms with Gasteiger partial charge in [-0.05, 0) is 13.0 Å². The molecule has 1 heterocycles. The lowest BCUT2D eigenvalue weighted by Crippen LogP contribution is -2.21. The summed E-state index contributed by atoms with van der Waals surface area (Å²) in [4.78, 5) is 24.9. The zero-order valence-corrected chi connectivity index (χ0v) is 10.3. The first-order chi connectivity index (χ1) is 9.38. The zero-order valence-electron chi connectivity index (χ0n) is 10.3. The van der Waals surface area contributed by atoms with E-state index in [0.717, 1.165) is 6.20 Å². The highest BCUT2D eigenvalue weighted by Gasteiger charge is 2.21. The van der Waals surface area contributed by atoms with E-state index < -0.39 is 39.7 Å². The molecule has 8 heteroatoms. The summed E-state index contributed by atoms with van der Waals surface area (Å²) in [6, 6.07) is 0.692. The fourth-order valence-corrected chi connectivity index (χ4v) is 1.84. The minimum Gasteiger partial charge on any atom is -0.477 e. The van der Waals surface area contributed by atoms with Gasteiger partial charge in [-0.3, -0.25) is 15.1 Å². The third kappa shape index (κ3) is 1.99. The highest BCUT2D eigenvalue weighted by molar-refractivity contribution is 5.93. The zero-order chi connectivity index (χ0) is 15.0. The molecule has 1 aromatic heterocycles. The Morgan fingerprint density at radius 1 is 1.45 bits per heavy atom. The standard InChI is InChI=1S/C12H10F2N2O4/c1-2-16(20)10-7(13)3-5-9(8(10)14)15-4-6(11(5)17)12(18)19/h3-4,20H,2H2,1H3,(H,15,17)(H,18,19). The summed E-state index contributed by atoms with van der Waals surface area (Å²) in [5.74, 6) is -3.83. The molecule has 6 nitrogen and oxygen atoms in total. The summed E-state index contributed by atoms with van der Waals surface area (Å²) in [7, 11) is 0. The van der Waals surface area contributed by atoms with E-state index >= 15 is 0 Å². The summed E-state index contributed by atoms with van der Waals surface area (Å²) < 4.78 is 27.9. The van der Waals surface area contributed by atoms with Crippen LogP contribution in [0, 0.1) is 11.6 Å². The molecule has 0 unspecified atom stereocenters. The first-order valence-corrected chi connectivity index (χ1v) is 5.61. The molecule has 1 aromatic carbocycles. The van der Waals surface area contributed by atoms with Crippen LogP contribution in [-0.2, 0) is 0 Å². The molecule has 0 atom stereocenters. The van der Waals surface area contributed by atoms with E-state index in [4.69, 9.17) is 5.11 Å². The highest BCUT2D eigenvalue weighted by Crippen LogP contribution is 2.27. The summed E-state index contributed by atoms with van der Waals surface area (Å²) in [6.45, 7) is 1.40. The van der Waals surface area contributed by atoms with Crippen molar-refractivity contribution in [3.63, 3.8) is 0 Å². The Kier molecular flexibility index (Phi) is 3.41. The van der Waals surface area contributed by atoms with Gasteiger partial charge in [0.15, 0.2) is 11.6 Å². The molecular formula is C12H10F2N2O4. The Bertz CT molecular complexity index is 757. The number of aromatic nitrogens is 1. The number of carboxylic acid groups (broad SMARTS) is 1. The molecule has 106 valence electrons. The van der Waals surface area contributed by atoms with Crippen LogP contribution < -0.4 is 10.5 Å². The van der Waals surface area contributed by atoms with Gasteiger partial charge in [0.25, 0.3) is 0 Å². The van der Waals surface area contributed by atoms with Gasteiger partial charge in [0, 0.05) is 12.7 Å². The van der Waals surface area contributed by atoms with E-state index in [1.54, 1.807) is 0 Å². The van der Waals surface area contributed by atoms with Crippen molar-refractivity contribution >= 4 is 22.6 Å². The van der Waals surface area contributed by atoms with Crippen molar-refractivity contribution in [3.05, 3.63) is 39.7 Å². The number of carbonyl (C=O) groups is 1. The molecule has 0 spiro atoms. The lowest BCUT2D eigenvalue weighted by atomic mass is 10.1. The monoisotopic (exact) mass is 284 g/mol. The molecule has 20 heavy (non-hydrogen) atoms. The van der Waals surface area contributed by atoms with Gasteiger partial charge in [0.2, 0.25) is 5.43 Å². The largest absolute Gasteiger partial charge is 0.477 e. The van der Waals surface area contributed by atoms with Crippen molar-refractivity contribution < 1.29 is 23.9 Å². The quantitative estimate of drug-likeness (QED) is 0.746. The molecule has 2 rings (SSSR count). The molecule has 0 amide bonds. The van der Waals surface area contributed by atoms with Crippen molar-refractivity contribution in [3.8, 4) is 0 Å². The van der Waals surface area contributed by atoms with E-state index in [-0.39, 0.29) is 12.1 Å². The number of aromatic carboxylic acids is 1. The molecule has 0 radical (unpaired) electrons. The number of fused-ring (bicyclic) bond motifs is 1. The summed E-state index contributed by atoms with van der Waals surface area (Å²) >= 11 is 0. The second-order valence-corrected chi connectivity index (χ2v) is 4.00. The topological polar surface area (TPSA) is 93.6 Å². The second-order valence-electron chi connectivity index (χ2n) is 4.00. The first-order valence-electron chi connectivity index (χ1n) is 5.61. The van der Waals surface area contributed by atoms with Crippen LogP contribution >= 0.6 is 0 Å². The van der Waals surface area contributed by atoms with Crippen molar-refractivity contribution in [1.29, 1.82) is 0 Å². The van der Waals surface area contributed by atoms with Crippen molar-refractivity contribution in [1.82, 2.24) is 4.98 Å². The molecule has 0 saturated carbocycles. The lowest BCUT2D eigenvalue weighted by molar-refractivity contribution is 0.0695. The Morgan fingerprint density at radius 3 is 2.65 bits per heavy atom. The molecule has 3 N–H and O–H groups in total. The average molecular weight is 284 g/mol. The molecule has 0 saturated heterocycles. The fraction of sp³-hybridized carbons (Fsp3) is 0.167. The number of nitrogens with one attached hydrogen (secondary N) is 1. The molecule has 0 aliphatic heterocycles. The maximum Gasteiger partial charge on any atom is 0.341 e. The van der Waals surface area contributed by atoms with E-state index in [9.17, 15) is 23.6 Å². The molecule has 0 aliphatic rings. The maximum atomic E-state index is 14.1. The predicted molar refractivity (Wildman–Crippen MR) is 66.3 cm³/mol. The predicted octanol–water partition coefficient (Wildman–Crippen LogP) is 1.72. The van der Waals surface area contributed by atoms with Crippen LogP contribution in [-0.4, -0.2) is 27.8 Å². The number of carboxylic acids is 1. The molecule has 0 aliphatic carbocycles. The number of pyridine rings is 1. The van der Waals surface area contributed by atoms with Crippen LogP contribution in [0.3, 0.4) is 0 Å². The minimum absolute atomic E-state index is 0.0726. The van der Waals surface area contributed by atoms with Gasteiger partial charge in [-0.2, -0.15) is 0 Å². The third-order valence-electron chi connectivity index (χ3n) is 2.83. The van der Waals surface area contributed by atoms with Gasteiger partial charge in [-0.1, -0.05) is 0 Å². The number of hydrogen-bond donors (Lipinski definition) is 3. The number of benzene rings is 1. The smallest absolute Gasteiger partial charge is 0.341 e. The van der Waals surface area contributed by atoms with E-state index in [1.165, 1.54) is 6.92 Å². The van der Waals surface area contributed by atoms with Crippen LogP contribution in [0.1, 0.15) is 17.3 Å². The Morgan fingerprint density at radius 2 is 2.10 bits per heavy atom. The minimum atomic E-state index is -1.50. The van der Waals surface area contributed by atoms with Crippen LogP contribution in [0.25, 0.3) is 10.9 Å². The molecule has 0 bridgehead atoms. The van der Waals surface area contributed by atoms with Crippen LogP contribution in [0.4, 0.5) is 14.5 Å². The van der Waals surface area contributed by atoms with Crippen LogP contribution in [0.5, 0.6) is 0 Å². The van der Waals surface area contributed by atoms with Crippen molar-refractivity contribution in [2.45, 2.75) is 6.92 Å². The molecule has 0 fully saturated rings. The fourth-order valence-electron chi connectivity index (χ4n) is 1.84. The van der Waals surface area contributed by atoms with Crippen molar-refractivity contribution in [2.24, 2.45) is 0 Å². The molecular weight excluding hydrogens is 274 g/mol. The maximum absolute atomic E-state index is 14.1. The summed E-state index contributed by atoms with van der Waals surface area (Å²) in [6.07, 6.45) is 0.825. The average Bonchev–Trinajstić information content (AvgIpc) is 2.39. The first kappa shape index (κ1) is 13.9. The van der Waals surface area contributed by atoms with Gasteiger partial charge < -0.3 is 10.1 Å². The number of nitrogens with zero attached hydrogens (tertiary/aromatic N) is 1. The Hall–Kier alpha value is -2.48. The number of rotatable bonds is 3. The van der Waals surface area contributed by atoms with Gasteiger partial charge in [0.1, 0.15) is 11.3 Å². The van der Waals surface area contributed by atoms with Gasteiger partial charge in [-0.15, -0.1) is 0 Å². The second kappa shape index (κ2) is 4.89. The number of aromatic amines is 1. The number of anilines is 1. The Labute approximate surface area is 110 Å². The van der Waals surface area contributed by atoms with Gasteiger partial charge >= 0.3 is 5.97 Å². The molecule has 2 aromatic rings. The third-order valence-corrected chi connectivity index (χ3v) is 2.83. The number of hydroxylamine groups is 1. The van der Waals surface area contributed by atoms with Crippen molar-refractivity contribution in [2.75, 3.05) is 11.6 Å². The van der Waals surface area contributed by atoms with E-state index in [2.05, 4.69) is 4.98 Å². The van der Waals surface area contributed by atoms with E-state index in [0.29, 0.717) is 11.1 Å². The van der Waals surface area contributed by atoms with Crippen LogP contribution in [0.2, 0.25) is 0 Å². The van der Waals surface area contributed by atoms with Gasteiger partial charge in [0.05, 0.1) is 10.9 Å². The number of halogens is 2. The Balaban J connectivity index is 2.87. The summed E-state index contributed by atoms with van der Waals surface area (Å²) in [5.41, 5.74) is -2.71. The van der Waals surface area contributed by atoms with Crippen LogP contribution in [0.15, 0.2) is 17.1 Å².